The van der Waals surface area contributed by atoms with Crippen molar-refractivity contribution in [2.45, 2.75) is 19.8 Å². The maximum absolute atomic E-state index is 11.7. The lowest BCUT2D eigenvalue weighted by molar-refractivity contribution is -0.171. The Morgan fingerprint density at radius 1 is 1.33 bits per heavy atom. The molecule has 1 aliphatic heterocycles. The smallest absolute Gasteiger partial charge is 0.343 e. The van der Waals surface area contributed by atoms with Gasteiger partial charge in [0.25, 0.3) is 0 Å². The van der Waals surface area contributed by atoms with Crippen LogP contribution in [0.2, 0.25) is 0 Å². The molecule has 1 aliphatic carbocycles. The molecular weight excluding hydrogens is 244 g/mol. The Labute approximate surface area is 101 Å². The van der Waals surface area contributed by atoms with Crippen molar-refractivity contribution >= 4 is 23.9 Å². The van der Waals surface area contributed by atoms with Crippen LogP contribution in [-0.2, 0) is 23.9 Å². The lowest BCUT2D eigenvalue weighted by Crippen LogP contribution is -2.49. The van der Waals surface area contributed by atoms with Crippen molar-refractivity contribution in [1.82, 2.24) is 0 Å². The third kappa shape index (κ3) is 1.24. The molecule has 1 saturated heterocycles. The number of fused-ring (bicyclic) bond motifs is 1. The Hall–Kier alpha value is -2.18. The summed E-state index contributed by atoms with van der Waals surface area (Å²) < 4.78 is 4.34. The third-order valence-electron chi connectivity index (χ3n) is 3.50. The molecule has 1 heterocycles. The average Bonchev–Trinajstić information content (AvgIpc) is 2.52. The summed E-state index contributed by atoms with van der Waals surface area (Å²) in [6, 6.07) is 0. The van der Waals surface area contributed by atoms with E-state index in [2.05, 4.69) is 4.74 Å². The molecule has 0 bridgehead atoms. The van der Waals surface area contributed by atoms with Crippen molar-refractivity contribution in [3.05, 3.63) is 11.1 Å². The van der Waals surface area contributed by atoms with E-state index in [1.165, 1.54) is 6.92 Å². The molecule has 0 amide bonds. The van der Waals surface area contributed by atoms with Crippen LogP contribution in [0, 0.1) is 11.3 Å². The van der Waals surface area contributed by atoms with Crippen LogP contribution >= 0.6 is 0 Å². The predicted octanol–water partition coefficient (Wildman–Crippen LogP) is -0.0481. The second-order valence-electron chi connectivity index (χ2n) is 4.37. The number of hydrogen-bond acceptors (Lipinski definition) is 5. The summed E-state index contributed by atoms with van der Waals surface area (Å²) in [5, 5.41) is 18.4. The zero-order chi connectivity index (χ0) is 13.7. The zero-order valence-electron chi connectivity index (χ0n) is 9.43. The molecule has 0 spiro atoms. The van der Waals surface area contributed by atoms with Gasteiger partial charge in [-0.1, -0.05) is 5.57 Å². The zero-order valence-corrected chi connectivity index (χ0v) is 9.43. The first kappa shape index (κ1) is 12.3. The SMILES string of the molecule is CC1=C2C(=O)OC(=O)C2(C(=O)O)C(C(=O)O)CC1. The number of allylic oxidation sites excluding steroid dienone is 1. The molecule has 7 heteroatoms. The molecule has 0 radical (unpaired) electrons. The Morgan fingerprint density at radius 3 is 2.44 bits per heavy atom. The van der Waals surface area contributed by atoms with Crippen molar-refractivity contribution in [1.29, 1.82) is 0 Å². The van der Waals surface area contributed by atoms with Crippen LogP contribution in [0.15, 0.2) is 11.1 Å². The van der Waals surface area contributed by atoms with E-state index < -0.39 is 35.2 Å². The fourth-order valence-corrected chi connectivity index (χ4v) is 2.66. The van der Waals surface area contributed by atoms with Crippen LogP contribution in [0.4, 0.5) is 0 Å². The quantitative estimate of drug-likeness (QED) is 0.524. The van der Waals surface area contributed by atoms with E-state index in [0.717, 1.165) is 0 Å². The van der Waals surface area contributed by atoms with E-state index in [1.54, 1.807) is 0 Å². The van der Waals surface area contributed by atoms with E-state index in [0.29, 0.717) is 5.57 Å². The Kier molecular flexibility index (Phi) is 2.50. The maximum atomic E-state index is 11.7. The van der Waals surface area contributed by atoms with E-state index in [1.807, 2.05) is 0 Å². The Balaban J connectivity index is 2.76. The fraction of sp³-hybridized carbons (Fsp3) is 0.455. The summed E-state index contributed by atoms with van der Waals surface area (Å²) in [4.78, 5) is 45.9. The van der Waals surface area contributed by atoms with Crippen LogP contribution in [0.25, 0.3) is 0 Å². The van der Waals surface area contributed by atoms with Crippen LogP contribution in [-0.4, -0.2) is 34.1 Å². The van der Waals surface area contributed by atoms with Gasteiger partial charge in [-0.15, -0.1) is 0 Å². The minimum absolute atomic E-state index is 0.0145. The number of carboxylic acids is 2. The first-order valence-corrected chi connectivity index (χ1v) is 5.26. The van der Waals surface area contributed by atoms with E-state index in [9.17, 15) is 24.3 Å². The van der Waals surface area contributed by atoms with Crippen molar-refractivity contribution in [3.63, 3.8) is 0 Å². The lowest BCUT2D eigenvalue weighted by Gasteiger charge is -2.32. The Bertz CT molecular complexity index is 515. The summed E-state index contributed by atoms with van der Waals surface area (Å²) in [6.45, 7) is 1.50. The van der Waals surface area contributed by atoms with Gasteiger partial charge in [0.1, 0.15) is 0 Å². The van der Waals surface area contributed by atoms with Crippen LogP contribution in [0.3, 0.4) is 0 Å². The number of rotatable bonds is 2. The number of carboxylic acid groups (broad SMARTS) is 2. The highest BCUT2D eigenvalue weighted by atomic mass is 16.6. The molecule has 2 rings (SSSR count). The van der Waals surface area contributed by atoms with E-state index >= 15 is 0 Å². The molecule has 96 valence electrons. The molecule has 18 heavy (non-hydrogen) atoms. The topological polar surface area (TPSA) is 118 Å². The molecule has 2 unspecified atom stereocenters. The molecule has 2 aliphatic rings. The summed E-state index contributed by atoms with van der Waals surface area (Å²) in [6.07, 6.45) is 0.239. The highest BCUT2D eigenvalue weighted by Gasteiger charge is 2.68. The molecule has 7 nitrogen and oxygen atoms in total. The highest BCUT2D eigenvalue weighted by Crippen LogP contribution is 2.50. The summed E-state index contributed by atoms with van der Waals surface area (Å²) >= 11 is 0. The minimum Gasteiger partial charge on any atom is -0.481 e. The van der Waals surface area contributed by atoms with Gasteiger partial charge in [0.2, 0.25) is 5.41 Å². The molecular formula is C11H10O7. The molecule has 2 N–H and O–H groups in total. The van der Waals surface area contributed by atoms with Gasteiger partial charge in [-0.05, 0) is 19.8 Å². The second-order valence-corrected chi connectivity index (χ2v) is 4.37. The van der Waals surface area contributed by atoms with Crippen molar-refractivity contribution < 1.29 is 34.1 Å². The number of carbonyl (C=O) groups excluding carboxylic acids is 2. The molecule has 0 aromatic carbocycles. The molecule has 0 aromatic heterocycles. The predicted molar refractivity (Wildman–Crippen MR) is 54.2 cm³/mol. The second kappa shape index (κ2) is 3.66. The fourth-order valence-electron chi connectivity index (χ4n) is 2.66. The van der Waals surface area contributed by atoms with E-state index in [4.69, 9.17) is 5.11 Å². The van der Waals surface area contributed by atoms with Gasteiger partial charge in [-0.2, -0.15) is 0 Å². The van der Waals surface area contributed by atoms with Gasteiger partial charge >= 0.3 is 23.9 Å². The number of cyclic esters (lactones) is 2. The highest BCUT2D eigenvalue weighted by molar-refractivity contribution is 6.22. The van der Waals surface area contributed by atoms with Gasteiger partial charge in [-0.3, -0.25) is 9.59 Å². The number of carbonyl (C=O) groups is 4. The number of hydrogen-bond donors (Lipinski definition) is 2. The summed E-state index contributed by atoms with van der Waals surface area (Å²) in [5.41, 5.74) is -2.31. The van der Waals surface area contributed by atoms with Gasteiger partial charge in [0.15, 0.2) is 0 Å². The normalized spacial score (nSPS) is 31.1. The van der Waals surface area contributed by atoms with Crippen LogP contribution in [0.5, 0.6) is 0 Å². The first-order valence-electron chi connectivity index (χ1n) is 5.26. The number of aliphatic carboxylic acids is 2. The molecule has 2 atom stereocenters. The third-order valence-corrected chi connectivity index (χ3v) is 3.50. The van der Waals surface area contributed by atoms with Crippen LogP contribution in [0.1, 0.15) is 19.8 Å². The molecule has 0 saturated carbocycles. The monoisotopic (exact) mass is 254 g/mol. The van der Waals surface area contributed by atoms with Gasteiger partial charge in [0, 0.05) is 0 Å². The molecule has 1 fully saturated rings. The number of ether oxygens (including phenoxy) is 1. The van der Waals surface area contributed by atoms with Crippen molar-refractivity contribution in [2.75, 3.05) is 0 Å². The summed E-state index contributed by atoms with van der Waals surface area (Å²) in [7, 11) is 0. The maximum Gasteiger partial charge on any atom is 0.343 e. The largest absolute Gasteiger partial charge is 0.481 e. The van der Waals surface area contributed by atoms with Gasteiger partial charge < -0.3 is 14.9 Å². The lowest BCUT2D eigenvalue weighted by atomic mass is 9.64. The summed E-state index contributed by atoms with van der Waals surface area (Å²) in [5.74, 6) is -6.91. The van der Waals surface area contributed by atoms with Gasteiger partial charge in [-0.25, -0.2) is 9.59 Å². The van der Waals surface area contributed by atoms with Gasteiger partial charge in [0.05, 0.1) is 11.5 Å². The Morgan fingerprint density at radius 2 is 1.94 bits per heavy atom. The van der Waals surface area contributed by atoms with Crippen LogP contribution < -0.4 is 0 Å². The van der Waals surface area contributed by atoms with E-state index in [-0.39, 0.29) is 18.4 Å². The standard InChI is InChI=1S/C11H10O7/c1-4-2-3-5(7(12)13)11(9(15)16)6(4)8(14)18-10(11)17/h5H,2-3H2,1H3,(H,12,13)(H,15,16). The molecule has 0 aromatic rings. The average molecular weight is 254 g/mol. The minimum atomic E-state index is -2.38. The number of esters is 2. The first-order chi connectivity index (χ1) is 8.33. The van der Waals surface area contributed by atoms with Crippen molar-refractivity contribution in [3.8, 4) is 0 Å². The van der Waals surface area contributed by atoms with Crippen molar-refractivity contribution in [2.24, 2.45) is 11.3 Å².